The molecule has 0 atom stereocenters. The number of nitrogens with one attached hydrogen (secondary N) is 1. The molecule has 144 valence electrons. The topological polar surface area (TPSA) is 75.7 Å². The number of imide groups is 1. The van der Waals surface area contributed by atoms with E-state index in [0.29, 0.717) is 22.0 Å². The van der Waals surface area contributed by atoms with Gasteiger partial charge in [-0.05, 0) is 55.1 Å². The lowest BCUT2D eigenvalue weighted by molar-refractivity contribution is -0.127. The molecule has 0 spiro atoms. The number of hydrogen-bond acceptors (Lipinski definition) is 5. The van der Waals surface area contributed by atoms with Gasteiger partial charge in [-0.1, -0.05) is 29.3 Å². The molecule has 3 rings (SSSR count). The molecular formula is C20H17ClN2O4S. The fourth-order valence-corrected chi connectivity index (χ4v) is 3.59. The van der Waals surface area contributed by atoms with Crippen molar-refractivity contribution >= 4 is 52.2 Å². The Kier molecular flexibility index (Phi) is 6.06. The van der Waals surface area contributed by atoms with E-state index < -0.39 is 17.1 Å². The number of aryl methyl sites for hydroxylation is 1. The predicted octanol–water partition coefficient (Wildman–Crippen LogP) is 4.33. The van der Waals surface area contributed by atoms with E-state index >= 15 is 0 Å². The van der Waals surface area contributed by atoms with E-state index in [9.17, 15) is 14.4 Å². The summed E-state index contributed by atoms with van der Waals surface area (Å²) in [5, 5.41) is 2.65. The van der Waals surface area contributed by atoms with Crippen molar-refractivity contribution in [3.8, 4) is 5.75 Å². The minimum absolute atomic E-state index is 0.203. The highest BCUT2D eigenvalue weighted by atomic mass is 35.5. The van der Waals surface area contributed by atoms with Gasteiger partial charge in [0.1, 0.15) is 12.3 Å². The summed E-state index contributed by atoms with van der Waals surface area (Å²) in [5.41, 5.74) is 2.23. The first kappa shape index (κ1) is 20.0. The van der Waals surface area contributed by atoms with Gasteiger partial charge in [0.25, 0.3) is 11.1 Å². The number of carbonyl (C=O) groups is 3. The standard InChI is InChI=1S/C20H17ClN2O4S/c1-12-3-6-15(7-4-12)22-18(24)11-23-19(25)17(28-20(23)26)10-13-9-14(21)5-8-16(13)27-2/h3-10H,11H2,1-2H3,(H,22,24). The summed E-state index contributed by atoms with van der Waals surface area (Å²) in [6.07, 6.45) is 1.54. The van der Waals surface area contributed by atoms with Crippen molar-refractivity contribution in [1.29, 1.82) is 0 Å². The first-order valence-corrected chi connectivity index (χ1v) is 9.52. The monoisotopic (exact) mass is 416 g/mol. The molecule has 0 unspecified atom stereocenters. The molecule has 0 bridgehead atoms. The van der Waals surface area contributed by atoms with Gasteiger partial charge in [-0.25, -0.2) is 0 Å². The molecule has 0 aliphatic carbocycles. The highest BCUT2D eigenvalue weighted by molar-refractivity contribution is 8.18. The van der Waals surface area contributed by atoms with Crippen molar-refractivity contribution in [2.45, 2.75) is 6.92 Å². The molecule has 28 heavy (non-hydrogen) atoms. The third kappa shape index (κ3) is 4.55. The van der Waals surface area contributed by atoms with Crippen molar-refractivity contribution in [1.82, 2.24) is 4.90 Å². The summed E-state index contributed by atoms with van der Waals surface area (Å²) >= 11 is 6.77. The maximum atomic E-state index is 12.6. The van der Waals surface area contributed by atoms with Crippen molar-refractivity contribution in [2.75, 3.05) is 19.0 Å². The minimum Gasteiger partial charge on any atom is -0.496 e. The quantitative estimate of drug-likeness (QED) is 0.734. The SMILES string of the molecule is COc1ccc(Cl)cc1C=C1SC(=O)N(CC(=O)Nc2ccc(C)cc2)C1=O. The van der Waals surface area contributed by atoms with Gasteiger partial charge in [0.05, 0.1) is 12.0 Å². The van der Waals surface area contributed by atoms with Crippen LogP contribution in [-0.2, 0) is 9.59 Å². The largest absolute Gasteiger partial charge is 0.496 e. The van der Waals surface area contributed by atoms with Crippen molar-refractivity contribution in [2.24, 2.45) is 0 Å². The second kappa shape index (κ2) is 8.50. The molecule has 6 nitrogen and oxygen atoms in total. The molecule has 2 aromatic carbocycles. The molecule has 1 N–H and O–H groups in total. The van der Waals surface area contributed by atoms with Crippen LogP contribution in [0.2, 0.25) is 5.02 Å². The van der Waals surface area contributed by atoms with Gasteiger partial charge in [-0.3, -0.25) is 19.3 Å². The summed E-state index contributed by atoms with van der Waals surface area (Å²) in [5.74, 6) is -0.461. The summed E-state index contributed by atoms with van der Waals surface area (Å²) in [4.78, 5) is 38.2. The minimum atomic E-state index is -0.531. The number of methoxy groups -OCH3 is 1. The molecule has 2 aromatic rings. The highest BCUT2D eigenvalue weighted by Crippen LogP contribution is 2.34. The van der Waals surface area contributed by atoms with Crippen LogP contribution >= 0.6 is 23.4 Å². The second-order valence-corrected chi connectivity index (χ2v) is 7.50. The number of nitrogens with zero attached hydrogens (tertiary/aromatic N) is 1. The number of rotatable bonds is 5. The Balaban J connectivity index is 1.74. The maximum absolute atomic E-state index is 12.6. The fraction of sp³-hybridized carbons (Fsp3) is 0.150. The number of hydrogen-bond donors (Lipinski definition) is 1. The normalized spacial score (nSPS) is 15.2. The van der Waals surface area contributed by atoms with Gasteiger partial charge in [-0.2, -0.15) is 0 Å². The van der Waals surface area contributed by atoms with Crippen LogP contribution in [0.3, 0.4) is 0 Å². The van der Waals surface area contributed by atoms with Crippen LogP contribution in [0.4, 0.5) is 10.5 Å². The number of halogens is 1. The average Bonchev–Trinajstić information content (AvgIpc) is 2.91. The van der Waals surface area contributed by atoms with E-state index in [0.717, 1.165) is 22.2 Å². The molecule has 1 saturated heterocycles. The number of thioether (sulfide) groups is 1. The van der Waals surface area contributed by atoms with Gasteiger partial charge in [0.2, 0.25) is 5.91 Å². The number of anilines is 1. The Bertz CT molecular complexity index is 973. The first-order chi connectivity index (χ1) is 13.4. The predicted molar refractivity (Wildman–Crippen MR) is 110 cm³/mol. The Morgan fingerprint density at radius 2 is 1.93 bits per heavy atom. The van der Waals surface area contributed by atoms with Gasteiger partial charge in [0, 0.05) is 16.3 Å². The van der Waals surface area contributed by atoms with Crippen molar-refractivity contribution in [3.05, 3.63) is 63.5 Å². The van der Waals surface area contributed by atoms with Crippen LogP contribution in [0.15, 0.2) is 47.4 Å². The van der Waals surface area contributed by atoms with Crippen LogP contribution < -0.4 is 10.1 Å². The van der Waals surface area contributed by atoms with E-state index in [1.54, 1.807) is 30.3 Å². The number of ether oxygens (including phenoxy) is 1. The van der Waals surface area contributed by atoms with Gasteiger partial charge >= 0.3 is 0 Å². The fourth-order valence-electron chi connectivity index (χ4n) is 2.58. The zero-order valence-corrected chi connectivity index (χ0v) is 16.8. The van der Waals surface area contributed by atoms with E-state index in [1.165, 1.54) is 13.2 Å². The van der Waals surface area contributed by atoms with Crippen molar-refractivity contribution < 1.29 is 19.1 Å². The molecule has 1 fully saturated rings. The van der Waals surface area contributed by atoms with Crippen LogP contribution in [0.25, 0.3) is 6.08 Å². The summed E-state index contributed by atoms with van der Waals surface area (Å²) in [6.45, 7) is 1.58. The van der Waals surface area contributed by atoms with Crippen molar-refractivity contribution in [3.63, 3.8) is 0 Å². The third-order valence-corrected chi connectivity index (χ3v) is 5.13. The Morgan fingerprint density at radius 1 is 1.21 bits per heavy atom. The molecule has 1 aliphatic rings. The molecular weight excluding hydrogens is 400 g/mol. The average molecular weight is 417 g/mol. The van der Waals surface area contributed by atoms with Crippen LogP contribution in [-0.4, -0.2) is 35.6 Å². The molecule has 1 aliphatic heterocycles. The van der Waals surface area contributed by atoms with Gasteiger partial charge in [0.15, 0.2) is 0 Å². The Hall–Kier alpha value is -2.77. The summed E-state index contributed by atoms with van der Waals surface area (Å²) < 4.78 is 5.25. The number of benzene rings is 2. The van der Waals surface area contributed by atoms with Crippen LogP contribution in [0, 0.1) is 6.92 Å². The van der Waals surface area contributed by atoms with Gasteiger partial charge < -0.3 is 10.1 Å². The smallest absolute Gasteiger partial charge is 0.294 e. The molecule has 0 saturated carbocycles. The molecule has 0 aromatic heterocycles. The maximum Gasteiger partial charge on any atom is 0.294 e. The molecule has 0 radical (unpaired) electrons. The summed E-state index contributed by atoms with van der Waals surface area (Å²) in [6, 6.07) is 12.2. The molecule has 1 heterocycles. The number of amides is 3. The van der Waals surface area contributed by atoms with E-state index in [-0.39, 0.29) is 11.4 Å². The van der Waals surface area contributed by atoms with Gasteiger partial charge in [-0.15, -0.1) is 0 Å². The lowest BCUT2D eigenvalue weighted by Crippen LogP contribution is -2.36. The third-order valence-electron chi connectivity index (χ3n) is 3.99. The lowest BCUT2D eigenvalue weighted by atomic mass is 10.2. The van der Waals surface area contributed by atoms with Crippen LogP contribution in [0.5, 0.6) is 5.75 Å². The van der Waals surface area contributed by atoms with E-state index in [4.69, 9.17) is 16.3 Å². The second-order valence-electron chi connectivity index (χ2n) is 6.07. The zero-order valence-electron chi connectivity index (χ0n) is 15.2. The zero-order chi connectivity index (χ0) is 20.3. The van der Waals surface area contributed by atoms with E-state index in [2.05, 4.69) is 5.32 Å². The lowest BCUT2D eigenvalue weighted by Gasteiger charge is -2.12. The molecule has 3 amide bonds. The highest BCUT2D eigenvalue weighted by Gasteiger charge is 2.36. The van der Waals surface area contributed by atoms with Crippen LogP contribution in [0.1, 0.15) is 11.1 Å². The summed E-state index contributed by atoms with van der Waals surface area (Å²) in [7, 11) is 1.50. The first-order valence-electron chi connectivity index (χ1n) is 8.33. The Morgan fingerprint density at radius 3 is 2.61 bits per heavy atom. The Labute approximate surface area is 171 Å². The molecule has 8 heteroatoms. The van der Waals surface area contributed by atoms with E-state index in [1.807, 2.05) is 19.1 Å². The number of carbonyl (C=O) groups excluding carboxylic acids is 3.